The quantitative estimate of drug-likeness (QED) is 0.329. The molecule has 0 aliphatic heterocycles. The first-order valence-corrected chi connectivity index (χ1v) is 12.9. The summed E-state index contributed by atoms with van der Waals surface area (Å²) < 4.78 is 13.5. The first-order valence-electron chi connectivity index (χ1n) is 12.0. The Hall–Kier alpha value is -3.12. The summed E-state index contributed by atoms with van der Waals surface area (Å²) in [6.07, 6.45) is 0.701. The fourth-order valence-corrected chi connectivity index (χ4v) is 4.54. The van der Waals surface area contributed by atoms with Crippen molar-refractivity contribution in [2.24, 2.45) is 5.92 Å². The van der Waals surface area contributed by atoms with E-state index in [0.717, 1.165) is 16.0 Å². The van der Waals surface area contributed by atoms with Gasteiger partial charge in [0.2, 0.25) is 11.8 Å². The van der Waals surface area contributed by atoms with Crippen molar-refractivity contribution < 1.29 is 14.0 Å². The lowest BCUT2D eigenvalue weighted by molar-refractivity contribution is -0.141. The molecular formula is C29H33FN2O2S. The summed E-state index contributed by atoms with van der Waals surface area (Å²) in [4.78, 5) is 29.7. The Morgan fingerprint density at radius 2 is 1.51 bits per heavy atom. The Bertz CT molecular complexity index is 1060. The van der Waals surface area contributed by atoms with Crippen molar-refractivity contribution in [2.75, 3.05) is 12.3 Å². The van der Waals surface area contributed by atoms with Gasteiger partial charge in [-0.25, -0.2) is 4.39 Å². The third-order valence-electron chi connectivity index (χ3n) is 5.55. The van der Waals surface area contributed by atoms with Gasteiger partial charge in [-0.3, -0.25) is 9.59 Å². The summed E-state index contributed by atoms with van der Waals surface area (Å²) in [7, 11) is 0. The number of amides is 2. The molecule has 0 bridgehead atoms. The van der Waals surface area contributed by atoms with Crippen molar-refractivity contribution in [2.45, 2.75) is 44.2 Å². The van der Waals surface area contributed by atoms with Gasteiger partial charge in [0.15, 0.2) is 0 Å². The van der Waals surface area contributed by atoms with E-state index in [4.69, 9.17) is 0 Å². The number of nitrogens with one attached hydrogen (secondary N) is 1. The summed E-state index contributed by atoms with van der Waals surface area (Å²) in [5.74, 6) is 0.294. The predicted molar refractivity (Wildman–Crippen MR) is 141 cm³/mol. The van der Waals surface area contributed by atoms with Crippen molar-refractivity contribution >= 4 is 23.6 Å². The zero-order valence-corrected chi connectivity index (χ0v) is 21.1. The lowest BCUT2D eigenvalue weighted by atomic mass is 10.0. The lowest BCUT2D eigenvalue weighted by Crippen LogP contribution is -2.51. The molecule has 3 aromatic rings. The topological polar surface area (TPSA) is 49.4 Å². The molecule has 0 saturated heterocycles. The third kappa shape index (κ3) is 8.87. The zero-order chi connectivity index (χ0) is 25.0. The van der Waals surface area contributed by atoms with E-state index < -0.39 is 6.04 Å². The summed E-state index contributed by atoms with van der Waals surface area (Å²) in [5.41, 5.74) is 1.76. The van der Waals surface area contributed by atoms with E-state index in [0.29, 0.717) is 31.1 Å². The molecule has 1 N–H and O–H groups in total. The van der Waals surface area contributed by atoms with Crippen molar-refractivity contribution in [3.63, 3.8) is 0 Å². The SMILES string of the molecule is CC(C)CNC(=O)[C@@H](Cc1ccccc1)N(Cc1ccc(F)cc1)C(=O)CCSc1ccccc1. The number of carbonyl (C=O) groups is 2. The zero-order valence-electron chi connectivity index (χ0n) is 20.3. The number of hydrogen-bond donors (Lipinski definition) is 1. The maximum atomic E-state index is 13.5. The highest BCUT2D eigenvalue weighted by atomic mass is 32.2. The summed E-state index contributed by atoms with van der Waals surface area (Å²) in [5, 5.41) is 3.02. The van der Waals surface area contributed by atoms with Crippen molar-refractivity contribution in [1.29, 1.82) is 0 Å². The molecule has 0 aliphatic carbocycles. The van der Waals surface area contributed by atoms with E-state index in [1.165, 1.54) is 12.1 Å². The van der Waals surface area contributed by atoms with Crippen LogP contribution in [0.4, 0.5) is 4.39 Å². The summed E-state index contributed by atoms with van der Waals surface area (Å²) >= 11 is 1.62. The van der Waals surface area contributed by atoms with Crippen LogP contribution in [0.25, 0.3) is 0 Å². The van der Waals surface area contributed by atoms with Gasteiger partial charge in [0.1, 0.15) is 11.9 Å². The molecule has 3 rings (SSSR count). The van der Waals surface area contributed by atoms with E-state index in [9.17, 15) is 14.0 Å². The molecule has 0 aromatic heterocycles. The maximum Gasteiger partial charge on any atom is 0.243 e. The highest BCUT2D eigenvalue weighted by molar-refractivity contribution is 7.99. The fraction of sp³-hybridized carbons (Fsp3) is 0.310. The number of nitrogens with zero attached hydrogens (tertiary/aromatic N) is 1. The second-order valence-electron chi connectivity index (χ2n) is 8.90. The molecule has 0 spiro atoms. The number of hydrogen-bond acceptors (Lipinski definition) is 3. The van der Waals surface area contributed by atoms with Crippen LogP contribution < -0.4 is 5.32 Å². The van der Waals surface area contributed by atoms with Gasteiger partial charge in [-0.2, -0.15) is 0 Å². The molecule has 0 aliphatic rings. The number of benzene rings is 3. The molecular weight excluding hydrogens is 459 g/mol. The van der Waals surface area contributed by atoms with Crippen LogP contribution >= 0.6 is 11.8 Å². The highest BCUT2D eigenvalue weighted by Gasteiger charge is 2.30. The number of thioether (sulfide) groups is 1. The Balaban J connectivity index is 1.83. The van der Waals surface area contributed by atoms with Gasteiger partial charge in [0.05, 0.1) is 0 Å². The van der Waals surface area contributed by atoms with E-state index in [1.807, 2.05) is 74.5 Å². The van der Waals surface area contributed by atoms with Gasteiger partial charge in [-0.1, -0.05) is 74.5 Å². The highest BCUT2D eigenvalue weighted by Crippen LogP contribution is 2.21. The molecule has 0 unspecified atom stereocenters. The van der Waals surface area contributed by atoms with Gasteiger partial charge in [-0.15, -0.1) is 11.8 Å². The van der Waals surface area contributed by atoms with Crippen molar-refractivity contribution in [3.8, 4) is 0 Å². The minimum Gasteiger partial charge on any atom is -0.354 e. The van der Waals surface area contributed by atoms with Crippen LogP contribution in [-0.2, 0) is 22.6 Å². The van der Waals surface area contributed by atoms with E-state index in [1.54, 1.807) is 28.8 Å². The fourth-order valence-electron chi connectivity index (χ4n) is 3.68. The first kappa shape index (κ1) is 26.5. The Kier molecular flexibility index (Phi) is 10.4. The Labute approximate surface area is 211 Å². The molecule has 2 amide bonds. The minimum atomic E-state index is -0.671. The lowest BCUT2D eigenvalue weighted by Gasteiger charge is -2.32. The van der Waals surface area contributed by atoms with Crippen LogP contribution in [-0.4, -0.2) is 35.1 Å². The molecule has 0 saturated carbocycles. The molecule has 0 fully saturated rings. The second kappa shape index (κ2) is 13.7. The molecule has 1 atom stereocenters. The van der Waals surface area contributed by atoms with Crippen LogP contribution in [0.1, 0.15) is 31.4 Å². The van der Waals surface area contributed by atoms with Gasteiger partial charge in [0.25, 0.3) is 0 Å². The predicted octanol–water partition coefficient (Wildman–Crippen LogP) is 5.72. The average molecular weight is 493 g/mol. The minimum absolute atomic E-state index is 0.0987. The van der Waals surface area contributed by atoms with E-state index in [2.05, 4.69) is 5.32 Å². The van der Waals surface area contributed by atoms with E-state index >= 15 is 0 Å². The molecule has 184 valence electrons. The largest absolute Gasteiger partial charge is 0.354 e. The van der Waals surface area contributed by atoms with Crippen molar-refractivity contribution in [1.82, 2.24) is 10.2 Å². The van der Waals surface area contributed by atoms with Crippen LogP contribution in [0.2, 0.25) is 0 Å². The molecule has 4 nitrogen and oxygen atoms in total. The van der Waals surface area contributed by atoms with Gasteiger partial charge in [-0.05, 0) is 41.3 Å². The van der Waals surface area contributed by atoms with Gasteiger partial charge >= 0.3 is 0 Å². The molecule has 0 heterocycles. The van der Waals surface area contributed by atoms with Crippen molar-refractivity contribution in [3.05, 3.63) is 102 Å². The van der Waals surface area contributed by atoms with Crippen LogP contribution in [0.15, 0.2) is 89.8 Å². The van der Waals surface area contributed by atoms with Gasteiger partial charge in [0, 0.05) is 36.6 Å². The summed E-state index contributed by atoms with van der Waals surface area (Å²) in [6, 6.07) is 25.1. The maximum absolute atomic E-state index is 13.5. The Morgan fingerprint density at radius 3 is 2.14 bits per heavy atom. The van der Waals surface area contributed by atoms with Crippen LogP contribution in [0, 0.1) is 11.7 Å². The molecule has 35 heavy (non-hydrogen) atoms. The second-order valence-corrected chi connectivity index (χ2v) is 10.1. The third-order valence-corrected chi connectivity index (χ3v) is 6.56. The van der Waals surface area contributed by atoms with E-state index in [-0.39, 0.29) is 24.2 Å². The smallest absolute Gasteiger partial charge is 0.243 e. The molecule has 3 aromatic carbocycles. The number of carbonyl (C=O) groups excluding carboxylic acids is 2. The Morgan fingerprint density at radius 1 is 0.886 bits per heavy atom. The van der Waals surface area contributed by atoms with Crippen LogP contribution in [0.5, 0.6) is 0 Å². The molecule has 6 heteroatoms. The standard InChI is InChI=1S/C29H33FN2O2S/c1-22(2)20-31-29(34)27(19-23-9-5-3-6-10-23)32(21-24-13-15-25(30)16-14-24)28(33)17-18-35-26-11-7-4-8-12-26/h3-16,22,27H,17-21H2,1-2H3,(H,31,34)/t27-/m1/s1. The number of halogens is 1. The van der Waals surface area contributed by atoms with Gasteiger partial charge < -0.3 is 10.2 Å². The number of rotatable bonds is 12. The average Bonchev–Trinajstić information content (AvgIpc) is 2.87. The monoisotopic (exact) mass is 492 g/mol. The van der Waals surface area contributed by atoms with Crippen LogP contribution in [0.3, 0.4) is 0 Å². The normalized spacial score (nSPS) is 11.8. The first-order chi connectivity index (χ1) is 16.9. The molecule has 0 radical (unpaired) electrons. The summed E-state index contributed by atoms with van der Waals surface area (Å²) in [6.45, 7) is 4.84.